The van der Waals surface area contributed by atoms with Gasteiger partial charge in [-0.05, 0) is 47.5 Å². The number of para-hydroxylation sites is 3. The lowest BCUT2D eigenvalue weighted by atomic mass is 9.92. The molecule has 232 valence electrons. The highest BCUT2D eigenvalue weighted by atomic mass is 15.2. The van der Waals surface area contributed by atoms with Crippen LogP contribution in [-0.2, 0) is 0 Å². The minimum absolute atomic E-state index is 0.642. The van der Waals surface area contributed by atoms with Crippen LogP contribution in [0.5, 0.6) is 0 Å². The molecule has 0 atom stereocenters. The first-order valence-corrected chi connectivity index (χ1v) is 16.9. The minimum Gasteiger partial charge on any atom is -0.306 e. The van der Waals surface area contributed by atoms with E-state index in [0.717, 1.165) is 33.8 Å². The van der Waals surface area contributed by atoms with Gasteiger partial charge in [0.1, 0.15) is 0 Å². The third kappa shape index (κ3) is 3.80. The average molecular weight is 638 g/mol. The van der Waals surface area contributed by atoms with Crippen molar-refractivity contribution in [3.05, 3.63) is 164 Å². The molecule has 0 amide bonds. The minimum atomic E-state index is 0.642. The van der Waals surface area contributed by atoms with Crippen LogP contribution in [-0.4, -0.2) is 19.5 Å². The second kappa shape index (κ2) is 10.3. The maximum Gasteiger partial charge on any atom is 0.164 e. The van der Waals surface area contributed by atoms with Crippen molar-refractivity contribution in [1.29, 1.82) is 0 Å². The maximum absolute atomic E-state index is 4.97. The van der Waals surface area contributed by atoms with Crippen LogP contribution in [0.4, 0.5) is 17.1 Å². The van der Waals surface area contributed by atoms with Crippen molar-refractivity contribution >= 4 is 38.9 Å². The molecule has 0 radical (unpaired) electrons. The molecule has 7 aromatic carbocycles. The predicted molar refractivity (Wildman–Crippen MR) is 203 cm³/mol. The first kappa shape index (κ1) is 27.1. The molecule has 0 spiro atoms. The number of benzene rings is 7. The zero-order valence-corrected chi connectivity index (χ0v) is 26.8. The van der Waals surface area contributed by atoms with Crippen molar-refractivity contribution in [3.63, 3.8) is 0 Å². The fraction of sp³-hybridized carbons (Fsp3) is 0. The predicted octanol–water partition coefficient (Wildman–Crippen LogP) is 11.4. The van der Waals surface area contributed by atoms with E-state index in [4.69, 9.17) is 15.0 Å². The highest BCUT2D eigenvalue weighted by molar-refractivity contribution is 6.22. The molecule has 0 aliphatic carbocycles. The smallest absolute Gasteiger partial charge is 0.164 e. The zero-order valence-electron chi connectivity index (χ0n) is 26.8. The average Bonchev–Trinajstić information content (AvgIpc) is 3.47. The normalized spacial score (nSPS) is 12.4. The van der Waals surface area contributed by atoms with Crippen molar-refractivity contribution in [3.8, 4) is 62.1 Å². The topological polar surface area (TPSA) is 46.8 Å². The SMILES string of the molecule is c1ccc(-c2nc(-c3ccccc3)nc(-c3ccc(N4c5cccc6c5-n5c7c(cccc7c7cccc4c75)-c4ccccc4-6)cc3)n2)cc1. The van der Waals surface area contributed by atoms with E-state index < -0.39 is 0 Å². The van der Waals surface area contributed by atoms with Gasteiger partial charge < -0.3 is 9.47 Å². The number of hydrogen-bond donors (Lipinski definition) is 0. The van der Waals surface area contributed by atoms with Gasteiger partial charge in [-0.1, -0.05) is 127 Å². The molecule has 0 saturated heterocycles. The van der Waals surface area contributed by atoms with Gasteiger partial charge in [-0.25, -0.2) is 15.0 Å². The second-order valence-corrected chi connectivity index (χ2v) is 12.8. The van der Waals surface area contributed by atoms with Gasteiger partial charge in [-0.2, -0.15) is 0 Å². The zero-order chi connectivity index (χ0) is 32.8. The van der Waals surface area contributed by atoms with Gasteiger partial charge in [-0.3, -0.25) is 0 Å². The molecule has 0 N–H and O–H groups in total. The summed E-state index contributed by atoms with van der Waals surface area (Å²) in [5, 5.41) is 2.53. The lowest BCUT2D eigenvalue weighted by Crippen LogP contribution is -2.18. The highest BCUT2D eigenvalue weighted by Gasteiger charge is 2.33. The molecule has 0 fully saturated rings. The van der Waals surface area contributed by atoms with Crippen molar-refractivity contribution < 1.29 is 0 Å². The Morgan fingerprint density at radius 3 is 1.48 bits per heavy atom. The third-order valence-corrected chi connectivity index (χ3v) is 10.1. The molecule has 2 aromatic heterocycles. The first-order chi connectivity index (χ1) is 24.8. The molecule has 0 unspecified atom stereocenters. The van der Waals surface area contributed by atoms with Gasteiger partial charge in [0, 0.05) is 44.3 Å². The van der Waals surface area contributed by atoms with E-state index in [1.807, 2.05) is 60.7 Å². The number of fused-ring (bicyclic) bond motifs is 4. The van der Waals surface area contributed by atoms with E-state index in [9.17, 15) is 0 Å². The Labute approximate surface area is 288 Å². The van der Waals surface area contributed by atoms with E-state index in [1.165, 1.54) is 49.7 Å². The summed E-state index contributed by atoms with van der Waals surface area (Å²) >= 11 is 0. The Balaban J connectivity index is 1.12. The summed E-state index contributed by atoms with van der Waals surface area (Å²) in [6, 6.07) is 57.8. The number of aromatic nitrogens is 4. The lowest BCUT2D eigenvalue weighted by molar-refractivity contribution is 1.07. The summed E-state index contributed by atoms with van der Waals surface area (Å²) in [5.41, 5.74) is 14.9. The van der Waals surface area contributed by atoms with Crippen molar-refractivity contribution in [2.24, 2.45) is 0 Å². The molecule has 0 saturated carbocycles. The molecule has 5 nitrogen and oxygen atoms in total. The Kier molecular flexibility index (Phi) is 5.60. The molecule has 11 rings (SSSR count). The van der Waals surface area contributed by atoms with E-state index >= 15 is 0 Å². The summed E-state index contributed by atoms with van der Waals surface area (Å²) in [4.78, 5) is 17.2. The summed E-state index contributed by atoms with van der Waals surface area (Å²) in [7, 11) is 0. The monoisotopic (exact) mass is 637 g/mol. The first-order valence-electron chi connectivity index (χ1n) is 16.9. The Morgan fingerprint density at radius 2 is 0.820 bits per heavy atom. The van der Waals surface area contributed by atoms with Crippen LogP contribution in [0.25, 0.3) is 83.9 Å². The van der Waals surface area contributed by atoms with Gasteiger partial charge in [0.15, 0.2) is 17.5 Å². The summed E-state index contributed by atoms with van der Waals surface area (Å²) in [6.07, 6.45) is 0. The molecule has 50 heavy (non-hydrogen) atoms. The van der Waals surface area contributed by atoms with Gasteiger partial charge in [-0.15, -0.1) is 0 Å². The molecule has 2 aliphatic heterocycles. The van der Waals surface area contributed by atoms with Crippen LogP contribution in [0, 0.1) is 0 Å². The third-order valence-electron chi connectivity index (χ3n) is 10.1. The Bertz CT molecular complexity index is 2740. The van der Waals surface area contributed by atoms with Crippen molar-refractivity contribution in [2.45, 2.75) is 0 Å². The van der Waals surface area contributed by atoms with E-state index in [2.05, 4.69) is 113 Å². The van der Waals surface area contributed by atoms with Gasteiger partial charge in [0.25, 0.3) is 0 Å². The number of anilines is 3. The number of rotatable bonds is 4. The summed E-state index contributed by atoms with van der Waals surface area (Å²) in [6.45, 7) is 0. The maximum atomic E-state index is 4.97. The van der Waals surface area contributed by atoms with Gasteiger partial charge in [0.05, 0.1) is 28.1 Å². The summed E-state index contributed by atoms with van der Waals surface area (Å²) in [5.74, 6) is 1.95. The molecule has 9 aromatic rings. The number of hydrogen-bond acceptors (Lipinski definition) is 4. The molecule has 0 bridgehead atoms. The second-order valence-electron chi connectivity index (χ2n) is 12.8. The van der Waals surface area contributed by atoms with Crippen LogP contribution in [0.2, 0.25) is 0 Å². The van der Waals surface area contributed by atoms with E-state index in [-0.39, 0.29) is 0 Å². The van der Waals surface area contributed by atoms with Gasteiger partial charge >= 0.3 is 0 Å². The molecular weight excluding hydrogens is 611 g/mol. The number of nitrogens with zero attached hydrogens (tertiary/aromatic N) is 5. The highest BCUT2D eigenvalue weighted by Crippen LogP contribution is 2.55. The van der Waals surface area contributed by atoms with E-state index in [1.54, 1.807) is 0 Å². The molecular formula is C45H27N5. The Hall–Kier alpha value is -6.85. The lowest BCUT2D eigenvalue weighted by Gasteiger charge is -2.34. The Morgan fingerprint density at radius 1 is 0.340 bits per heavy atom. The van der Waals surface area contributed by atoms with Crippen LogP contribution < -0.4 is 4.90 Å². The van der Waals surface area contributed by atoms with Crippen molar-refractivity contribution in [2.75, 3.05) is 4.90 Å². The molecule has 5 heteroatoms. The quantitative estimate of drug-likeness (QED) is 0.193. The van der Waals surface area contributed by atoms with Crippen LogP contribution in [0.1, 0.15) is 0 Å². The van der Waals surface area contributed by atoms with Crippen LogP contribution >= 0.6 is 0 Å². The largest absolute Gasteiger partial charge is 0.306 e. The summed E-state index contributed by atoms with van der Waals surface area (Å²) < 4.78 is 2.52. The van der Waals surface area contributed by atoms with Gasteiger partial charge in [0.2, 0.25) is 0 Å². The van der Waals surface area contributed by atoms with E-state index in [0.29, 0.717) is 17.5 Å². The molecule has 2 aliphatic rings. The molecule has 4 heterocycles. The van der Waals surface area contributed by atoms with Crippen LogP contribution in [0.15, 0.2) is 164 Å². The standard InChI is InChI=1S/C45H27N5/c1-3-12-28(13-4-1)43-46-44(29-14-5-2-6-15-29)48-45(47-43)30-24-26-31(27-25-30)49-38-22-10-20-35-33-17-8-7-16-32(33)34-18-9-19-36-37-21-11-23-39(49)42(37)50(40(34)36)41(35)38/h1-27H. The fourth-order valence-electron chi connectivity index (χ4n) is 7.94. The van der Waals surface area contributed by atoms with Crippen LogP contribution in [0.3, 0.4) is 0 Å². The van der Waals surface area contributed by atoms with Crippen molar-refractivity contribution in [1.82, 2.24) is 19.5 Å². The fourth-order valence-corrected chi connectivity index (χ4v) is 7.94.